The minimum atomic E-state index is -0.595. The molecule has 4 nitrogen and oxygen atoms in total. The van der Waals surface area contributed by atoms with Gasteiger partial charge in [-0.15, -0.1) is 0 Å². The van der Waals surface area contributed by atoms with Gasteiger partial charge in [-0.2, -0.15) is 0 Å². The summed E-state index contributed by atoms with van der Waals surface area (Å²) in [5, 5.41) is 20.8. The Morgan fingerprint density at radius 1 is 1.16 bits per heavy atom. The molecule has 0 aliphatic carbocycles. The largest absolute Gasteiger partial charge is 0.388 e. The van der Waals surface area contributed by atoms with Crippen LogP contribution in [0.5, 0.6) is 0 Å². The van der Waals surface area contributed by atoms with Crippen LogP contribution in [-0.4, -0.2) is 10.0 Å². The molecule has 0 radical (unpaired) electrons. The first-order valence-corrected chi connectivity index (χ1v) is 6.05. The Kier molecular flexibility index (Phi) is 3.92. The first-order valence-electron chi connectivity index (χ1n) is 6.05. The fourth-order valence-electron chi connectivity index (χ4n) is 2.05. The van der Waals surface area contributed by atoms with E-state index >= 15 is 0 Å². The molecule has 0 aromatic heterocycles. The van der Waals surface area contributed by atoms with E-state index in [1.807, 2.05) is 31.2 Å². The highest BCUT2D eigenvalue weighted by Gasteiger charge is 2.11. The second-order valence-electron chi connectivity index (χ2n) is 4.50. The number of benzene rings is 2. The molecule has 1 unspecified atom stereocenters. The molecule has 0 amide bonds. The monoisotopic (exact) mass is 257 g/mol. The number of hydrogen-bond acceptors (Lipinski definition) is 3. The molecule has 0 heterocycles. The summed E-state index contributed by atoms with van der Waals surface area (Å²) in [6, 6.07) is 13.9. The zero-order chi connectivity index (χ0) is 13.8. The van der Waals surface area contributed by atoms with Crippen LogP contribution in [0.1, 0.15) is 22.8 Å². The third kappa shape index (κ3) is 3.17. The molecular formula is C15H15NO3. The van der Waals surface area contributed by atoms with Crippen LogP contribution in [0.15, 0.2) is 48.5 Å². The first-order chi connectivity index (χ1) is 9.08. The molecule has 0 saturated heterocycles. The van der Waals surface area contributed by atoms with Crippen molar-refractivity contribution in [2.45, 2.75) is 19.4 Å². The Labute approximate surface area is 111 Å². The van der Waals surface area contributed by atoms with Gasteiger partial charge in [0.25, 0.3) is 5.69 Å². The first kappa shape index (κ1) is 13.2. The fourth-order valence-corrected chi connectivity index (χ4v) is 2.05. The van der Waals surface area contributed by atoms with Crippen LogP contribution in [0.4, 0.5) is 5.69 Å². The standard InChI is InChI=1S/C15H15NO3/c1-11-4-2-3-5-14(11)15(17)10-12-6-8-13(9-7-12)16(18)19/h2-9,15,17H,10H2,1H3. The maximum Gasteiger partial charge on any atom is 0.269 e. The van der Waals surface area contributed by atoms with E-state index < -0.39 is 11.0 Å². The summed E-state index contributed by atoms with van der Waals surface area (Å²) in [7, 11) is 0. The van der Waals surface area contributed by atoms with E-state index in [-0.39, 0.29) is 5.69 Å². The van der Waals surface area contributed by atoms with Gasteiger partial charge >= 0.3 is 0 Å². The van der Waals surface area contributed by atoms with Gasteiger partial charge in [0, 0.05) is 18.6 Å². The number of nitrogens with zero attached hydrogens (tertiary/aromatic N) is 1. The maximum absolute atomic E-state index is 10.6. The van der Waals surface area contributed by atoms with E-state index in [0.29, 0.717) is 6.42 Å². The molecule has 0 fully saturated rings. The molecule has 1 atom stereocenters. The molecule has 0 saturated carbocycles. The normalized spacial score (nSPS) is 12.1. The molecular weight excluding hydrogens is 242 g/mol. The fraction of sp³-hybridized carbons (Fsp3) is 0.200. The zero-order valence-corrected chi connectivity index (χ0v) is 10.6. The average Bonchev–Trinajstić information content (AvgIpc) is 2.39. The van der Waals surface area contributed by atoms with Crippen molar-refractivity contribution < 1.29 is 10.0 Å². The smallest absolute Gasteiger partial charge is 0.269 e. The lowest BCUT2D eigenvalue weighted by Gasteiger charge is -2.13. The van der Waals surface area contributed by atoms with E-state index in [4.69, 9.17) is 0 Å². The van der Waals surface area contributed by atoms with E-state index in [1.54, 1.807) is 12.1 Å². The van der Waals surface area contributed by atoms with E-state index in [9.17, 15) is 15.2 Å². The van der Waals surface area contributed by atoms with Gasteiger partial charge in [-0.3, -0.25) is 10.1 Å². The number of aliphatic hydroxyl groups excluding tert-OH is 1. The summed E-state index contributed by atoms with van der Waals surface area (Å²) in [4.78, 5) is 10.1. The molecule has 0 bridgehead atoms. The molecule has 0 aliphatic heterocycles. The van der Waals surface area contributed by atoms with Crippen molar-refractivity contribution in [3.8, 4) is 0 Å². The van der Waals surface area contributed by atoms with Gasteiger partial charge in [0.05, 0.1) is 11.0 Å². The van der Waals surface area contributed by atoms with E-state index in [1.165, 1.54) is 12.1 Å². The van der Waals surface area contributed by atoms with Crippen molar-refractivity contribution >= 4 is 5.69 Å². The highest BCUT2D eigenvalue weighted by atomic mass is 16.6. The number of aryl methyl sites for hydroxylation is 1. The van der Waals surface area contributed by atoms with E-state index in [0.717, 1.165) is 16.7 Å². The number of rotatable bonds is 4. The lowest BCUT2D eigenvalue weighted by Crippen LogP contribution is -2.03. The highest BCUT2D eigenvalue weighted by molar-refractivity contribution is 5.34. The van der Waals surface area contributed by atoms with Crippen molar-refractivity contribution in [2.75, 3.05) is 0 Å². The minimum absolute atomic E-state index is 0.0640. The van der Waals surface area contributed by atoms with Crippen LogP contribution in [-0.2, 0) is 6.42 Å². The Morgan fingerprint density at radius 2 is 1.79 bits per heavy atom. The van der Waals surface area contributed by atoms with Crippen LogP contribution in [0.2, 0.25) is 0 Å². The topological polar surface area (TPSA) is 63.4 Å². The van der Waals surface area contributed by atoms with Gasteiger partial charge in [0.2, 0.25) is 0 Å². The third-order valence-electron chi connectivity index (χ3n) is 3.12. The second kappa shape index (κ2) is 5.63. The van der Waals surface area contributed by atoms with Gasteiger partial charge in [-0.25, -0.2) is 0 Å². The van der Waals surface area contributed by atoms with Gasteiger partial charge < -0.3 is 5.11 Å². The summed E-state index contributed by atoms with van der Waals surface area (Å²) >= 11 is 0. The van der Waals surface area contributed by atoms with Gasteiger partial charge in [-0.1, -0.05) is 36.4 Å². The molecule has 0 aliphatic rings. The number of non-ortho nitro benzene ring substituents is 1. The molecule has 0 spiro atoms. The second-order valence-corrected chi connectivity index (χ2v) is 4.50. The third-order valence-corrected chi connectivity index (χ3v) is 3.12. The number of aliphatic hydroxyl groups is 1. The molecule has 2 aromatic carbocycles. The lowest BCUT2D eigenvalue weighted by atomic mass is 9.98. The van der Waals surface area contributed by atoms with Crippen molar-refractivity contribution in [3.63, 3.8) is 0 Å². The van der Waals surface area contributed by atoms with E-state index in [2.05, 4.69) is 0 Å². The maximum atomic E-state index is 10.6. The van der Waals surface area contributed by atoms with Crippen LogP contribution in [0.3, 0.4) is 0 Å². The summed E-state index contributed by atoms with van der Waals surface area (Å²) in [6.45, 7) is 1.95. The van der Waals surface area contributed by atoms with Crippen LogP contribution in [0, 0.1) is 17.0 Å². The van der Waals surface area contributed by atoms with Crippen LogP contribution < -0.4 is 0 Å². The van der Waals surface area contributed by atoms with Crippen LogP contribution in [0.25, 0.3) is 0 Å². The lowest BCUT2D eigenvalue weighted by molar-refractivity contribution is -0.384. The quantitative estimate of drug-likeness (QED) is 0.675. The SMILES string of the molecule is Cc1ccccc1C(O)Cc1ccc([N+](=O)[O-])cc1. The molecule has 1 N–H and O–H groups in total. The predicted molar refractivity (Wildman–Crippen MR) is 72.9 cm³/mol. The van der Waals surface area contributed by atoms with Crippen molar-refractivity contribution in [2.24, 2.45) is 0 Å². The predicted octanol–water partition coefficient (Wildman–Crippen LogP) is 3.18. The molecule has 4 heteroatoms. The van der Waals surface area contributed by atoms with Gasteiger partial charge in [0.1, 0.15) is 0 Å². The summed E-state index contributed by atoms with van der Waals surface area (Å²) in [5.41, 5.74) is 2.87. The minimum Gasteiger partial charge on any atom is -0.388 e. The highest BCUT2D eigenvalue weighted by Crippen LogP contribution is 2.22. The number of nitro benzene ring substituents is 1. The van der Waals surface area contributed by atoms with Crippen molar-refractivity contribution in [3.05, 3.63) is 75.3 Å². The zero-order valence-electron chi connectivity index (χ0n) is 10.6. The summed E-state index contributed by atoms with van der Waals surface area (Å²) < 4.78 is 0. The Bertz CT molecular complexity index is 578. The number of nitro groups is 1. The van der Waals surface area contributed by atoms with Crippen molar-refractivity contribution in [1.29, 1.82) is 0 Å². The van der Waals surface area contributed by atoms with Crippen LogP contribution >= 0.6 is 0 Å². The Morgan fingerprint density at radius 3 is 2.37 bits per heavy atom. The molecule has 98 valence electrons. The summed E-state index contributed by atoms with van der Waals surface area (Å²) in [6.07, 6.45) is -0.147. The van der Waals surface area contributed by atoms with Gasteiger partial charge in [0.15, 0.2) is 0 Å². The average molecular weight is 257 g/mol. The Hall–Kier alpha value is -2.20. The van der Waals surface area contributed by atoms with Crippen molar-refractivity contribution in [1.82, 2.24) is 0 Å². The Balaban J connectivity index is 2.13. The molecule has 19 heavy (non-hydrogen) atoms. The summed E-state index contributed by atoms with van der Waals surface area (Å²) in [5.74, 6) is 0. The number of hydrogen-bond donors (Lipinski definition) is 1. The molecule has 2 aromatic rings. The van der Waals surface area contributed by atoms with Gasteiger partial charge in [-0.05, 0) is 23.6 Å². The molecule has 2 rings (SSSR count).